The predicted octanol–water partition coefficient (Wildman–Crippen LogP) is 3.24. The van der Waals surface area contributed by atoms with Crippen molar-refractivity contribution in [2.75, 3.05) is 18.5 Å². The van der Waals surface area contributed by atoms with Crippen molar-refractivity contribution in [1.29, 1.82) is 5.26 Å². The normalized spacial score (nSPS) is 21.7. The Morgan fingerprint density at radius 3 is 2.78 bits per heavy atom. The Morgan fingerprint density at radius 2 is 2.17 bits per heavy atom. The molecule has 0 unspecified atom stereocenters. The van der Waals surface area contributed by atoms with Crippen LogP contribution in [0.15, 0.2) is 41.0 Å². The zero-order chi connectivity index (χ0) is 16.6. The summed E-state index contributed by atoms with van der Waals surface area (Å²) in [5.74, 6) is -0.895. The number of aliphatic imine (C=N–C) groups is 1. The third-order valence-corrected chi connectivity index (χ3v) is 4.87. The van der Waals surface area contributed by atoms with Gasteiger partial charge in [0.1, 0.15) is 5.92 Å². The number of benzene rings is 1. The highest BCUT2D eigenvalue weighted by atomic mass is 16.1. The number of nitriles is 1. The van der Waals surface area contributed by atoms with Crippen molar-refractivity contribution in [2.45, 2.75) is 32.1 Å². The van der Waals surface area contributed by atoms with E-state index in [-0.39, 0.29) is 11.2 Å². The molecule has 0 aliphatic carbocycles. The Balaban J connectivity index is 1.97. The van der Waals surface area contributed by atoms with Crippen LogP contribution in [0.2, 0.25) is 0 Å². The smallest absolute Gasteiger partial charge is 0.180 e. The van der Waals surface area contributed by atoms with E-state index in [0.29, 0.717) is 0 Å². The first-order valence-electron chi connectivity index (χ1n) is 7.99. The third kappa shape index (κ3) is 2.46. The van der Waals surface area contributed by atoms with Crippen LogP contribution in [0.5, 0.6) is 0 Å². The van der Waals surface area contributed by atoms with Crippen molar-refractivity contribution in [3.8, 4) is 6.07 Å². The van der Waals surface area contributed by atoms with Gasteiger partial charge in [-0.1, -0.05) is 32.0 Å². The topological polar surface area (TPSA) is 56.5 Å². The molecule has 118 valence electrons. The van der Waals surface area contributed by atoms with E-state index in [1.54, 1.807) is 6.08 Å². The molecule has 0 amide bonds. The van der Waals surface area contributed by atoms with Gasteiger partial charge in [-0.25, -0.2) is 0 Å². The van der Waals surface area contributed by atoms with Crippen molar-refractivity contribution in [3.05, 3.63) is 41.6 Å². The van der Waals surface area contributed by atoms with Crippen LogP contribution in [0, 0.1) is 17.2 Å². The van der Waals surface area contributed by atoms with Gasteiger partial charge < -0.3 is 4.90 Å². The summed E-state index contributed by atoms with van der Waals surface area (Å²) in [5.41, 5.74) is 3.74. The molecule has 0 aromatic heterocycles. The number of carbonyl (C=O) groups excluding carboxylic acids is 1. The number of nitrogens with zero attached hydrogens (tertiary/aromatic N) is 3. The fraction of sp³-hybridized carbons (Fsp3) is 0.421. The Bertz CT molecular complexity index is 752. The molecule has 0 N–H and O–H groups in total. The van der Waals surface area contributed by atoms with Crippen LogP contribution in [-0.4, -0.2) is 25.1 Å². The van der Waals surface area contributed by atoms with Crippen LogP contribution < -0.4 is 4.90 Å². The summed E-state index contributed by atoms with van der Waals surface area (Å²) in [7, 11) is 1.97. The van der Waals surface area contributed by atoms with Gasteiger partial charge in [0, 0.05) is 42.2 Å². The second-order valence-electron chi connectivity index (χ2n) is 6.67. The van der Waals surface area contributed by atoms with Crippen LogP contribution in [0.4, 0.5) is 5.69 Å². The molecular weight excluding hydrogens is 286 g/mol. The maximum absolute atomic E-state index is 12.7. The second-order valence-corrected chi connectivity index (χ2v) is 6.67. The SMILES string of the molecule is CN1C(=CC(=O)[C@@H](C#N)C2=NCCC2)C(C)(C)c2ccccc21. The van der Waals surface area contributed by atoms with E-state index < -0.39 is 5.92 Å². The number of hydrogen-bond donors (Lipinski definition) is 0. The molecule has 4 nitrogen and oxygen atoms in total. The zero-order valence-corrected chi connectivity index (χ0v) is 13.8. The Hall–Kier alpha value is -2.41. The van der Waals surface area contributed by atoms with Crippen LogP contribution in [0.3, 0.4) is 0 Å². The number of ketones is 1. The van der Waals surface area contributed by atoms with Crippen LogP contribution >= 0.6 is 0 Å². The van der Waals surface area contributed by atoms with Crippen LogP contribution in [0.1, 0.15) is 32.3 Å². The van der Waals surface area contributed by atoms with E-state index >= 15 is 0 Å². The maximum atomic E-state index is 12.7. The number of hydrogen-bond acceptors (Lipinski definition) is 4. The molecule has 0 saturated carbocycles. The first-order chi connectivity index (χ1) is 11.0. The molecule has 3 rings (SSSR count). The lowest BCUT2D eigenvalue weighted by Gasteiger charge is -2.24. The first-order valence-corrected chi connectivity index (χ1v) is 7.99. The minimum atomic E-state index is -0.738. The summed E-state index contributed by atoms with van der Waals surface area (Å²) in [6.45, 7) is 4.96. The number of para-hydroxylation sites is 1. The molecule has 23 heavy (non-hydrogen) atoms. The van der Waals surface area contributed by atoms with E-state index in [0.717, 1.165) is 36.5 Å². The monoisotopic (exact) mass is 307 g/mol. The van der Waals surface area contributed by atoms with Gasteiger partial charge in [0.25, 0.3) is 0 Å². The number of carbonyl (C=O) groups is 1. The molecule has 2 heterocycles. The second kappa shape index (κ2) is 5.66. The Morgan fingerprint density at radius 1 is 1.43 bits per heavy atom. The van der Waals surface area contributed by atoms with Gasteiger partial charge in [-0.2, -0.15) is 5.26 Å². The van der Waals surface area contributed by atoms with Gasteiger partial charge in [-0.3, -0.25) is 9.79 Å². The molecule has 0 spiro atoms. The van der Waals surface area contributed by atoms with Crippen molar-refractivity contribution in [2.24, 2.45) is 10.9 Å². The summed E-state index contributed by atoms with van der Waals surface area (Å²) in [4.78, 5) is 19.1. The van der Waals surface area contributed by atoms with Gasteiger partial charge in [-0.05, 0) is 24.5 Å². The lowest BCUT2D eigenvalue weighted by molar-refractivity contribution is -0.115. The number of likely N-dealkylation sites (N-methyl/N-ethyl adjacent to an activating group) is 1. The molecule has 4 heteroatoms. The number of anilines is 1. The Labute approximate surface area is 137 Å². The third-order valence-electron chi connectivity index (χ3n) is 4.87. The average molecular weight is 307 g/mol. The van der Waals surface area contributed by atoms with Gasteiger partial charge in [0.05, 0.1) is 6.07 Å². The van der Waals surface area contributed by atoms with Gasteiger partial charge in [0.2, 0.25) is 0 Å². The minimum absolute atomic E-state index is 0.157. The summed E-state index contributed by atoms with van der Waals surface area (Å²) < 4.78 is 0. The molecule has 1 atom stereocenters. The van der Waals surface area contributed by atoms with Crippen LogP contribution in [-0.2, 0) is 10.2 Å². The molecule has 1 aromatic rings. The average Bonchev–Trinajstić information content (AvgIpc) is 3.11. The standard InChI is InChI=1S/C19H21N3O/c1-19(2)14-7-4-5-9-16(14)22(3)18(19)11-17(23)13(12-20)15-8-6-10-21-15/h4-5,7,9,11,13H,6,8,10H2,1-3H3/t13-/m0/s1. The first kappa shape index (κ1) is 15.5. The zero-order valence-electron chi connectivity index (χ0n) is 13.8. The molecular formula is C19H21N3O. The van der Waals surface area contributed by atoms with E-state index in [4.69, 9.17) is 0 Å². The van der Waals surface area contributed by atoms with Crippen molar-refractivity contribution in [1.82, 2.24) is 0 Å². The van der Waals surface area contributed by atoms with Gasteiger partial charge in [-0.15, -0.1) is 0 Å². The van der Waals surface area contributed by atoms with Crippen molar-refractivity contribution >= 4 is 17.2 Å². The van der Waals surface area contributed by atoms with Gasteiger partial charge >= 0.3 is 0 Å². The lowest BCUT2D eigenvalue weighted by atomic mass is 9.82. The van der Waals surface area contributed by atoms with E-state index in [1.807, 2.05) is 19.2 Å². The summed E-state index contributed by atoms with van der Waals surface area (Å²) in [6, 6.07) is 10.3. The predicted molar refractivity (Wildman–Crippen MR) is 91.6 cm³/mol. The number of allylic oxidation sites excluding steroid dienone is 2. The highest BCUT2D eigenvalue weighted by molar-refractivity contribution is 6.12. The molecule has 1 aromatic carbocycles. The summed E-state index contributed by atoms with van der Waals surface area (Å²) in [6.07, 6.45) is 3.34. The van der Waals surface area contributed by atoms with Gasteiger partial charge in [0.15, 0.2) is 5.78 Å². The van der Waals surface area contributed by atoms with Crippen LogP contribution in [0.25, 0.3) is 0 Å². The molecule has 0 radical (unpaired) electrons. The van der Waals surface area contributed by atoms with Crippen molar-refractivity contribution in [3.63, 3.8) is 0 Å². The molecule has 2 aliphatic heterocycles. The largest absolute Gasteiger partial charge is 0.347 e. The quantitative estimate of drug-likeness (QED) is 0.806. The van der Waals surface area contributed by atoms with Crippen molar-refractivity contribution < 1.29 is 4.79 Å². The number of rotatable bonds is 3. The number of fused-ring (bicyclic) bond motifs is 1. The summed E-state index contributed by atoms with van der Waals surface area (Å²) in [5, 5.41) is 9.41. The Kier molecular flexibility index (Phi) is 3.81. The van der Waals surface area contributed by atoms with E-state index in [2.05, 4.69) is 41.9 Å². The lowest BCUT2D eigenvalue weighted by Crippen LogP contribution is -2.27. The fourth-order valence-corrected chi connectivity index (χ4v) is 3.58. The minimum Gasteiger partial charge on any atom is -0.347 e. The fourth-order valence-electron chi connectivity index (χ4n) is 3.58. The highest BCUT2D eigenvalue weighted by Gasteiger charge is 2.39. The van der Waals surface area contributed by atoms with E-state index in [1.165, 1.54) is 5.56 Å². The molecule has 0 bridgehead atoms. The molecule has 0 saturated heterocycles. The maximum Gasteiger partial charge on any atom is 0.180 e. The van der Waals surface area contributed by atoms with E-state index in [9.17, 15) is 10.1 Å². The summed E-state index contributed by atoms with van der Waals surface area (Å²) >= 11 is 0. The highest BCUT2D eigenvalue weighted by Crippen LogP contribution is 2.46. The molecule has 2 aliphatic rings. The molecule has 0 fully saturated rings.